The average Bonchev–Trinajstić information content (AvgIpc) is 3.26. The van der Waals surface area contributed by atoms with Crippen LogP contribution in [0.1, 0.15) is 27.2 Å². The van der Waals surface area contributed by atoms with Crippen LogP contribution in [0.15, 0.2) is 58.0 Å². The minimum absolute atomic E-state index is 0.129. The van der Waals surface area contributed by atoms with Gasteiger partial charge in [-0.1, -0.05) is 17.7 Å². The van der Waals surface area contributed by atoms with E-state index >= 15 is 0 Å². The van der Waals surface area contributed by atoms with Crippen LogP contribution in [0.25, 0.3) is 0 Å². The van der Waals surface area contributed by atoms with Crippen molar-refractivity contribution in [1.29, 1.82) is 0 Å². The Kier molecular flexibility index (Phi) is 5.31. The van der Waals surface area contributed by atoms with Crippen molar-refractivity contribution in [2.24, 2.45) is 0 Å². The third-order valence-electron chi connectivity index (χ3n) is 3.64. The zero-order chi connectivity index (χ0) is 18.0. The molecule has 0 amide bonds. The van der Waals surface area contributed by atoms with Crippen molar-refractivity contribution in [2.75, 3.05) is 0 Å². The number of halogens is 1. The Morgan fingerprint density at radius 2 is 2.08 bits per heavy atom. The number of thiophene rings is 1. The SMILES string of the molecule is Cc1ccc(Cl)cc1S(=O)(=O)NCc1ccc(C(O)c2ccco2)s1. The smallest absolute Gasteiger partial charge is 0.241 e. The molecule has 2 aromatic heterocycles. The molecular weight excluding hydrogens is 382 g/mol. The van der Waals surface area contributed by atoms with Crippen molar-refractivity contribution < 1.29 is 17.9 Å². The number of hydrogen-bond acceptors (Lipinski definition) is 5. The summed E-state index contributed by atoms with van der Waals surface area (Å²) in [4.78, 5) is 1.62. The molecule has 1 unspecified atom stereocenters. The second-order valence-corrected chi connectivity index (χ2v) is 8.83. The fourth-order valence-electron chi connectivity index (χ4n) is 2.33. The summed E-state index contributed by atoms with van der Waals surface area (Å²) in [5.41, 5.74) is 0.622. The number of furan rings is 1. The van der Waals surface area contributed by atoms with E-state index < -0.39 is 16.1 Å². The zero-order valence-electron chi connectivity index (χ0n) is 13.3. The van der Waals surface area contributed by atoms with Gasteiger partial charge in [-0.2, -0.15) is 0 Å². The van der Waals surface area contributed by atoms with E-state index in [-0.39, 0.29) is 11.4 Å². The van der Waals surface area contributed by atoms with Crippen molar-refractivity contribution in [3.8, 4) is 0 Å². The van der Waals surface area contributed by atoms with Crippen molar-refractivity contribution in [2.45, 2.75) is 24.5 Å². The number of aliphatic hydroxyl groups is 1. The van der Waals surface area contributed by atoms with E-state index in [0.29, 0.717) is 21.2 Å². The van der Waals surface area contributed by atoms with Gasteiger partial charge in [-0.05, 0) is 48.9 Å². The van der Waals surface area contributed by atoms with Gasteiger partial charge in [0, 0.05) is 21.3 Å². The molecule has 1 aromatic carbocycles. The van der Waals surface area contributed by atoms with Gasteiger partial charge in [-0.15, -0.1) is 11.3 Å². The van der Waals surface area contributed by atoms with E-state index in [2.05, 4.69) is 4.72 Å². The Balaban J connectivity index is 1.72. The van der Waals surface area contributed by atoms with Gasteiger partial charge in [0.2, 0.25) is 10.0 Å². The maximum Gasteiger partial charge on any atom is 0.241 e. The number of aryl methyl sites for hydroxylation is 1. The van der Waals surface area contributed by atoms with Gasteiger partial charge in [-0.3, -0.25) is 0 Å². The summed E-state index contributed by atoms with van der Waals surface area (Å²) in [6.07, 6.45) is 0.634. The molecule has 0 aliphatic heterocycles. The average molecular weight is 398 g/mol. The van der Waals surface area contributed by atoms with Crippen LogP contribution in [0, 0.1) is 6.92 Å². The number of benzene rings is 1. The molecule has 0 saturated carbocycles. The van der Waals surface area contributed by atoms with Crippen LogP contribution in [0.3, 0.4) is 0 Å². The van der Waals surface area contributed by atoms with Crippen LogP contribution >= 0.6 is 22.9 Å². The van der Waals surface area contributed by atoms with Gasteiger partial charge in [0.05, 0.1) is 11.2 Å². The monoisotopic (exact) mass is 397 g/mol. The summed E-state index contributed by atoms with van der Waals surface area (Å²) >= 11 is 7.22. The van der Waals surface area contributed by atoms with Crippen LogP contribution in [-0.2, 0) is 16.6 Å². The first-order chi connectivity index (χ1) is 11.9. The predicted octanol–water partition coefficient (Wildman–Crippen LogP) is 3.86. The maximum absolute atomic E-state index is 12.5. The van der Waals surface area contributed by atoms with Gasteiger partial charge >= 0.3 is 0 Å². The minimum atomic E-state index is -3.67. The lowest BCUT2D eigenvalue weighted by Gasteiger charge is -2.09. The molecule has 2 N–H and O–H groups in total. The molecule has 1 atom stereocenters. The molecule has 0 aliphatic rings. The highest BCUT2D eigenvalue weighted by Gasteiger charge is 2.19. The van der Waals surface area contributed by atoms with Crippen molar-refractivity contribution >= 4 is 33.0 Å². The molecule has 0 fully saturated rings. The second kappa shape index (κ2) is 7.31. The number of sulfonamides is 1. The lowest BCUT2D eigenvalue weighted by atomic mass is 10.2. The number of nitrogens with one attached hydrogen (secondary N) is 1. The Hall–Kier alpha value is -1.64. The van der Waals surface area contributed by atoms with Gasteiger partial charge in [0.1, 0.15) is 11.9 Å². The summed E-state index contributed by atoms with van der Waals surface area (Å²) in [6, 6.07) is 11.7. The third-order valence-corrected chi connectivity index (χ3v) is 6.56. The minimum Gasteiger partial charge on any atom is -0.466 e. The molecule has 0 spiro atoms. The van der Waals surface area contributed by atoms with Crippen molar-refractivity contribution in [3.63, 3.8) is 0 Å². The summed E-state index contributed by atoms with van der Waals surface area (Å²) in [5, 5.41) is 10.6. The Bertz CT molecular complexity index is 964. The van der Waals surface area contributed by atoms with E-state index in [1.54, 1.807) is 43.3 Å². The van der Waals surface area contributed by atoms with Crippen LogP contribution in [0.2, 0.25) is 5.02 Å². The highest BCUT2D eigenvalue weighted by atomic mass is 35.5. The number of rotatable bonds is 6. The van der Waals surface area contributed by atoms with Crippen LogP contribution in [0.4, 0.5) is 0 Å². The highest BCUT2D eigenvalue weighted by molar-refractivity contribution is 7.89. The first-order valence-electron chi connectivity index (χ1n) is 7.43. The van der Waals surface area contributed by atoms with E-state index in [1.807, 2.05) is 0 Å². The molecular formula is C17H16ClNO4S2. The molecule has 3 aromatic rings. The lowest BCUT2D eigenvalue weighted by Crippen LogP contribution is -2.23. The molecule has 8 heteroatoms. The lowest BCUT2D eigenvalue weighted by molar-refractivity contribution is 0.193. The standard InChI is InChI=1S/C17H16ClNO4S2/c1-11-4-5-12(18)9-16(11)25(21,22)19-10-13-6-7-15(24-13)17(20)14-3-2-8-23-14/h2-9,17,19-20H,10H2,1H3. The second-order valence-electron chi connectivity index (χ2n) is 5.46. The Morgan fingerprint density at radius 3 is 2.80 bits per heavy atom. The fourth-order valence-corrected chi connectivity index (χ4v) is 4.88. The predicted molar refractivity (Wildman–Crippen MR) is 97.3 cm³/mol. The Labute approximate surface area is 154 Å². The third kappa shape index (κ3) is 4.13. The Morgan fingerprint density at radius 1 is 1.28 bits per heavy atom. The van der Waals surface area contributed by atoms with Crippen molar-refractivity contribution in [1.82, 2.24) is 4.72 Å². The van der Waals surface area contributed by atoms with E-state index in [1.165, 1.54) is 23.7 Å². The van der Waals surface area contributed by atoms with Crippen LogP contribution < -0.4 is 4.72 Å². The largest absolute Gasteiger partial charge is 0.466 e. The summed E-state index contributed by atoms with van der Waals surface area (Å²) in [6.45, 7) is 1.84. The molecule has 3 rings (SSSR count). The fraction of sp³-hybridized carbons (Fsp3) is 0.176. The normalized spacial score (nSPS) is 13.1. The topological polar surface area (TPSA) is 79.5 Å². The maximum atomic E-state index is 12.5. The molecule has 0 saturated heterocycles. The molecule has 0 aliphatic carbocycles. The highest BCUT2D eigenvalue weighted by Crippen LogP contribution is 2.29. The molecule has 25 heavy (non-hydrogen) atoms. The molecule has 2 heterocycles. The first kappa shape index (κ1) is 18.2. The first-order valence-corrected chi connectivity index (χ1v) is 10.1. The molecule has 132 valence electrons. The van der Waals surface area contributed by atoms with Crippen molar-refractivity contribution in [3.05, 3.63) is 74.8 Å². The van der Waals surface area contributed by atoms with Crippen LogP contribution in [-0.4, -0.2) is 13.5 Å². The van der Waals surface area contributed by atoms with E-state index in [0.717, 1.165) is 4.88 Å². The van der Waals surface area contributed by atoms with Gasteiger partial charge in [-0.25, -0.2) is 13.1 Å². The quantitative estimate of drug-likeness (QED) is 0.661. The summed E-state index contributed by atoms with van der Waals surface area (Å²) in [7, 11) is -3.67. The van der Waals surface area contributed by atoms with Gasteiger partial charge < -0.3 is 9.52 Å². The molecule has 0 bridgehead atoms. The number of hydrogen-bond donors (Lipinski definition) is 2. The molecule has 5 nitrogen and oxygen atoms in total. The summed E-state index contributed by atoms with van der Waals surface area (Å²) < 4.78 is 32.7. The van der Waals surface area contributed by atoms with E-state index in [4.69, 9.17) is 16.0 Å². The van der Waals surface area contributed by atoms with Crippen LogP contribution in [0.5, 0.6) is 0 Å². The zero-order valence-corrected chi connectivity index (χ0v) is 15.7. The number of aliphatic hydroxyl groups excluding tert-OH is 1. The summed E-state index contributed by atoms with van der Waals surface area (Å²) in [5.74, 6) is 0.448. The van der Waals surface area contributed by atoms with Gasteiger partial charge in [0.15, 0.2) is 0 Å². The van der Waals surface area contributed by atoms with Gasteiger partial charge in [0.25, 0.3) is 0 Å². The molecule has 0 radical (unpaired) electrons. The van der Waals surface area contributed by atoms with E-state index in [9.17, 15) is 13.5 Å².